The van der Waals surface area contributed by atoms with Crippen molar-refractivity contribution in [2.75, 3.05) is 0 Å². The molecule has 0 aliphatic heterocycles. The van der Waals surface area contributed by atoms with Crippen LogP contribution in [-0.4, -0.2) is 17.1 Å². The summed E-state index contributed by atoms with van der Waals surface area (Å²) in [5.74, 6) is 0. The Morgan fingerprint density at radius 3 is 1.15 bits per heavy atom. The van der Waals surface area contributed by atoms with E-state index in [1.807, 2.05) is 24.3 Å². The van der Waals surface area contributed by atoms with Gasteiger partial charge in [-0.05, 0) is 42.8 Å². The number of aryl methyl sites for hydroxylation is 1. The quantitative estimate of drug-likeness (QED) is 0.0901. The molecule has 0 radical (unpaired) electrons. The van der Waals surface area contributed by atoms with Gasteiger partial charge in [-0.3, -0.25) is 9.59 Å². The van der Waals surface area contributed by atoms with Crippen LogP contribution in [0.2, 0.25) is 0 Å². The number of unbranched alkanes of at least 4 members (excludes halogenated alkanes) is 19. The maximum Gasteiger partial charge on any atom is 0.150 e. The third kappa shape index (κ3) is 10.6. The van der Waals surface area contributed by atoms with Crippen LogP contribution in [0.15, 0.2) is 36.4 Å². The van der Waals surface area contributed by atoms with Gasteiger partial charge in [0.25, 0.3) is 0 Å². The summed E-state index contributed by atoms with van der Waals surface area (Å²) in [7, 11) is 0. The average Bonchev–Trinajstić information content (AvgIpc) is 3.27. The smallest absolute Gasteiger partial charge is 0.150 e. The number of hydrogen-bond donors (Lipinski definition) is 0. The average molecular weight is 532 g/mol. The first-order chi connectivity index (χ1) is 19.3. The van der Waals surface area contributed by atoms with E-state index in [1.165, 1.54) is 122 Å². The normalized spacial score (nSPS) is 11.5. The first kappa shape index (κ1) is 31.1. The van der Waals surface area contributed by atoms with Crippen LogP contribution in [0.25, 0.3) is 21.8 Å². The van der Waals surface area contributed by atoms with Crippen LogP contribution in [-0.2, 0) is 6.54 Å². The van der Waals surface area contributed by atoms with E-state index in [1.54, 1.807) is 0 Å². The van der Waals surface area contributed by atoms with Crippen LogP contribution in [0.1, 0.15) is 156 Å². The number of aldehydes is 2. The Labute approximate surface area is 237 Å². The van der Waals surface area contributed by atoms with Gasteiger partial charge in [0.15, 0.2) is 0 Å². The molecule has 3 rings (SSSR count). The van der Waals surface area contributed by atoms with Gasteiger partial charge in [-0.25, -0.2) is 0 Å². The lowest BCUT2D eigenvalue weighted by molar-refractivity contribution is 0.111. The van der Waals surface area contributed by atoms with E-state index in [0.717, 1.165) is 47.3 Å². The molecule has 39 heavy (non-hydrogen) atoms. The lowest BCUT2D eigenvalue weighted by Crippen LogP contribution is -1.98. The third-order valence-electron chi connectivity index (χ3n) is 8.42. The second-order valence-electron chi connectivity index (χ2n) is 11.7. The first-order valence-corrected chi connectivity index (χ1v) is 16.2. The highest BCUT2D eigenvalue weighted by Crippen LogP contribution is 2.31. The number of carbonyl (C=O) groups is 2. The highest BCUT2D eigenvalue weighted by Gasteiger charge is 2.12. The van der Waals surface area contributed by atoms with Crippen molar-refractivity contribution >= 4 is 34.4 Å². The zero-order chi connectivity index (χ0) is 27.5. The first-order valence-electron chi connectivity index (χ1n) is 16.2. The minimum absolute atomic E-state index is 0.678. The van der Waals surface area contributed by atoms with Crippen molar-refractivity contribution in [1.29, 1.82) is 0 Å². The predicted molar refractivity (Wildman–Crippen MR) is 168 cm³/mol. The molecule has 214 valence electrons. The SMILES string of the molecule is CCCCCCCCCCCCCCCCCCCCCCn1c2ccc(C=O)cc2c2cc(C=O)ccc21. The van der Waals surface area contributed by atoms with Gasteiger partial charge in [-0.1, -0.05) is 129 Å². The van der Waals surface area contributed by atoms with Crippen molar-refractivity contribution in [2.24, 2.45) is 0 Å². The monoisotopic (exact) mass is 531 g/mol. The molecule has 2 aromatic carbocycles. The second kappa shape index (κ2) is 18.8. The maximum atomic E-state index is 11.3. The fraction of sp³-hybridized carbons (Fsp3) is 0.611. The lowest BCUT2D eigenvalue weighted by Gasteiger charge is -2.08. The molecule has 0 aliphatic carbocycles. The van der Waals surface area contributed by atoms with Gasteiger partial charge in [-0.2, -0.15) is 0 Å². The topological polar surface area (TPSA) is 39.1 Å². The van der Waals surface area contributed by atoms with Crippen molar-refractivity contribution in [2.45, 2.75) is 142 Å². The maximum absolute atomic E-state index is 11.3. The molecule has 3 nitrogen and oxygen atoms in total. The van der Waals surface area contributed by atoms with Crippen molar-refractivity contribution in [3.8, 4) is 0 Å². The van der Waals surface area contributed by atoms with E-state index >= 15 is 0 Å². The molecule has 0 amide bonds. The van der Waals surface area contributed by atoms with Gasteiger partial charge in [0, 0.05) is 39.5 Å². The van der Waals surface area contributed by atoms with E-state index < -0.39 is 0 Å². The molecule has 1 heterocycles. The van der Waals surface area contributed by atoms with Crippen molar-refractivity contribution in [3.63, 3.8) is 0 Å². The number of hydrogen-bond acceptors (Lipinski definition) is 2. The third-order valence-corrected chi connectivity index (χ3v) is 8.42. The fourth-order valence-electron chi connectivity index (χ4n) is 6.05. The van der Waals surface area contributed by atoms with E-state index in [2.05, 4.69) is 23.6 Å². The second-order valence-corrected chi connectivity index (χ2v) is 11.7. The van der Waals surface area contributed by atoms with Crippen molar-refractivity contribution < 1.29 is 9.59 Å². The molecular weight excluding hydrogens is 478 g/mol. The number of benzene rings is 2. The standard InChI is InChI=1S/C36H53NO2/c1-2-3-4-5-6-7-8-9-10-11-12-13-14-15-16-17-18-19-20-21-26-37-35-24-22-31(29-38)27-33(35)34-28-32(30-39)23-25-36(34)37/h22-25,27-30H,2-21,26H2,1H3. The Morgan fingerprint density at radius 2 is 0.821 bits per heavy atom. The van der Waals surface area contributed by atoms with Crippen LogP contribution in [0.5, 0.6) is 0 Å². The number of nitrogens with zero attached hydrogens (tertiary/aromatic N) is 1. The Morgan fingerprint density at radius 1 is 0.487 bits per heavy atom. The fourth-order valence-corrected chi connectivity index (χ4v) is 6.05. The van der Waals surface area contributed by atoms with Gasteiger partial charge in [0.1, 0.15) is 12.6 Å². The summed E-state index contributed by atoms with van der Waals surface area (Å²) >= 11 is 0. The Bertz CT molecular complexity index is 1050. The van der Waals surface area contributed by atoms with Crippen LogP contribution >= 0.6 is 0 Å². The van der Waals surface area contributed by atoms with Crippen LogP contribution in [0, 0.1) is 0 Å². The van der Waals surface area contributed by atoms with Gasteiger partial charge >= 0.3 is 0 Å². The largest absolute Gasteiger partial charge is 0.340 e. The zero-order valence-electron chi connectivity index (χ0n) is 24.7. The zero-order valence-corrected chi connectivity index (χ0v) is 24.7. The summed E-state index contributed by atoms with van der Waals surface area (Å²) in [6.07, 6.45) is 29.7. The van der Waals surface area contributed by atoms with Gasteiger partial charge in [0.2, 0.25) is 0 Å². The van der Waals surface area contributed by atoms with E-state index in [0.29, 0.717) is 11.1 Å². The molecule has 0 N–H and O–H groups in total. The summed E-state index contributed by atoms with van der Waals surface area (Å²) in [6, 6.07) is 11.8. The molecule has 3 heteroatoms. The number of rotatable bonds is 23. The Hall–Kier alpha value is -2.42. The van der Waals surface area contributed by atoms with Crippen molar-refractivity contribution in [1.82, 2.24) is 4.57 Å². The van der Waals surface area contributed by atoms with Gasteiger partial charge in [0.05, 0.1) is 0 Å². The van der Waals surface area contributed by atoms with Gasteiger partial charge < -0.3 is 4.57 Å². The van der Waals surface area contributed by atoms with E-state index in [4.69, 9.17) is 0 Å². The lowest BCUT2D eigenvalue weighted by atomic mass is 10.0. The molecule has 0 bridgehead atoms. The summed E-state index contributed by atoms with van der Waals surface area (Å²) in [4.78, 5) is 22.6. The molecule has 0 aliphatic rings. The molecule has 0 fully saturated rings. The molecule has 0 atom stereocenters. The van der Waals surface area contributed by atoms with Gasteiger partial charge in [-0.15, -0.1) is 0 Å². The van der Waals surface area contributed by atoms with E-state index in [-0.39, 0.29) is 0 Å². The minimum Gasteiger partial charge on any atom is -0.340 e. The highest BCUT2D eigenvalue weighted by atomic mass is 16.1. The number of carbonyl (C=O) groups excluding carboxylic acids is 2. The molecule has 0 saturated carbocycles. The predicted octanol–water partition coefficient (Wildman–Crippen LogP) is 11.2. The molecule has 0 saturated heterocycles. The summed E-state index contributed by atoms with van der Waals surface area (Å²) in [6.45, 7) is 3.26. The van der Waals surface area contributed by atoms with Crippen LogP contribution in [0.4, 0.5) is 0 Å². The van der Waals surface area contributed by atoms with Crippen LogP contribution < -0.4 is 0 Å². The summed E-state index contributed by atoms with van der Waals surface area (Å²) < 4.78 is 2.36. The molecule has 0 unspecified atom stereocenters. The summed E-state index contributed by atoms with van der Waals surface area (Å²) in [5, 5.41) is 2.12. The number of fused-ring (bicyclic) bond motifs is 3. The van der Waals surface area contributed by atoms with E-state index in [9.17, 15) is 9.59 Å². The van der Waals surface area contributed by atoms with Crippen LogP contribution in [0.3, 0.4) is 0 Å². The molecule has 0 spiro atoms. The highest BCUT2D eigenvalue weighted by molar-refractivity contribution is 6.10. The molecule has 1 aromatic heterocycles. The molecule has 3 aromatic rings. The van der Waals surface area contributed by atoms with Crippen molar-refractivity contribution in [3.05, 3.63) is 47.5 Å². The summed E-state index contributed by atoms with van der Waals surface area (Å²) in [5.41, 5.74) is 3.65. The Balaban J connectivity index is 1.22. The minimum atomic E-state index is 0.678. The Kier molecular flexibility index (Phi) is 15.0. The molecular formula is C36H53NO2. The number of aromatic nitrogens is 1.